The molecule has 2 aliphatic rings. The Hall–Kier alpha value is -1.51. The number of nitrogens with zero attached hydrogens (tertiary/aromatic N) is 1. The molecule has 92 valence electrons. The third-order valence-corrected chi connectivity index (χ3v) is 3.01. The van der Waals surface area contributed by atoms with Gasteiger partial charge in [0.15, 0.2) is 0 Å². The van der Waals surface area contributed by atoms with Gasteiger partial charge in [-0.3, -0.25) is 9.69 Å². The summed E-state index contributed by atoms with van der Waals surface area (Å²) >= 11 is 0. The molecule has 2 heterocycles. The molecule has 3 heteroatoms. The smallest absolute Gasteiger partial charge is 0.258 e. The zero-order valence-corrected chi connectivity index (χ0v) is 11.0. The van der Waals surface area contributed by atoms with Gasteiger partial charge in [0, 0.05) is 22.9 Å². The Morgan fingerprint density at radius 3 is 2.71 bits per heavy atom. The minimum atomic E-state index is -0.00212. The van der Waals surface area contributed by atoms with Crippen LogP contribution in [0.25, 0.3) is 0 Å². The van der Waals surface area contributed by atoms with Crippen LogP contribution in [0, 0.1) is 5.41 Å². The highest BCUT2D eigenvalue weighted by Gasteiger charge is 2.30. The van der Waals surface area contributed by atoms with Crippen molar-refractivity contribution < 1.29 is 4.79 Å². The van der Waals surface area contributed by atoms with E-state index in [9.17, 15) is 4.79 Å². The van der Waals surface area contributed by atoms with Gasteiger partial charge in [-0.1, -0.05) is 33.3 Å². The highest BCUT2D eigenvalue weighted by molar-refractivity contribution is 5.92. The lowest BCUT2D eigenvalue weighted by atomic mass is 9.88. The summed E-state index contributed by atoms with van der Waals surface area (Å²) in [6.45, 7) is 8.38. The van der Waals surface area contributed by atoms with E-state index in [0.717, 1.165) is 30.1 Å². The van der Waals surface area contributed by atoms with E-state index in [1.54, 1.807) is 11.0 Å². The molecule has 0 atom stereocenters. The molecule has 0 spiro atoms. The summed E-state index contributed by atoms with van der Waals surface area (Å²) < 4.78 is 0. The van der Waals surface area contributed by atoms with Gasteiger partial charge in [-0.15, -0.1) is 0 Å². The van der Waals surface area contributed by atoms with Crippen LogP contribution in [-0.4, -0.2) is 10.8 Å². The van der Waals surface area contributed by atoms with Crippen LogP contribution in [0.1, 0.15) is 40.5 Å². The van der Waals surface area contributed by atoms with E-state index >= 15 is 0 Å². The zero-order valence-electron chi connectivity index (χ0n) is 11.0. The minimum Gasteiger partial charge on any atom is -0.345 e. The number of carbonyl (C=O) groups is 1. The van der Waals surface area contributed by atoms with E-state index in [1.807, 2.05) is 6.92 Å². The Bertz CT molecular complexity index is 441. The highest BCUT2D eigenvalue weighted by atomic mass is 16.2. The Kier molecular flexibility index (Phi) is 2.86. The molecule has 1 amide bonds. The Labute approximate surface area is 103 Å². The van der Waals surface area contributed by atoms with Gasteiger partial charge in [0.1, 0.15) is 5.82 Å². The maximum absolute atomic E-state index is 12.1. The second-order valence-electron chi connectivity index (χ2n) is 5.35. The lowest BCUT2D eigenvalue weighted by Gasteiger charge is -2.37. The summed E-state index contributed by atoms with van der Waals surface area (Å²) in [5.74, 6) is 0.966. The number of carbonyl (C=O) groups excluding carboxylic acids is 1. The van der Waals surface area contributed by atoms with Crippen molar-refractivity contribution in [3.8, 4) is 0 Å². The maximum atomic E-state index is 12.1. The number of allylic oxidation sites excluding steroid dienone is 4. The van der Waals surface area contributed by atoms with Gasteiger partial charge in [-0.25, -0.2) is 0 Å². The molecule has 0 bridgehead atoms. The van der Waals surface area contributed by atoms with E-state index < -0.39 is 0 Å². The second kappa shape index (κ2) is 4.06. The summed E-state index contributed by atoms with van der Waals surface area (Å²) in [7, 11) is 0. The molecule has 0 aromatic heterocycles. The van der Waals surface area contributed by atoms with E-state index in [2.05, 4.69) is 38.2 Å². The molecule has 2 rings (SSSR count). The van der Waals surface area contributed by atoms with Crippen molar-refractivity contribution in [2.24, 2.45) is 5.41 Å². The molecule has 17 heavy (non-hydrogen) atoms. The third-order valence-electron chi connectivity index (χ3n) is 3.01. The van der Waals surface area contributed by atoms with E-state index in [4.69, 9.17) is 0 Å². The van der Waals surface area contributed by atoms with Crippen LogP contribution in [0.15, 0.2) is 35.4 Å². The molecule has 0 saturated heterocycles. The first kappa shape index (κ1) is 12.0. The van der Waals surface area contributed by atoms with Gasteiger partial charge in [-0.2, -0.15) is 0 Å². The first-order valence-electron chi connectivity index (χ1n) is 6.17. The molecule has 0 aromatic carbocycles. The van der Waals surface area contributed by atoms with Crippen LogP contribution in [0.2, 0.25) is 0 Å². The standard InChI is InChI=1S/C14H20N2O/c1-5-6-11-7-13(17)16-10(2)8-14(3,4)9-12(16)15-11/h7-9,15H,5-6H2,1-4H3. The molecule has 0 fully saturated rings. The van der Waals surface area contributed by atoms with Gasteiger partial charge in [0.2, 0.25) is 0 Å². The third kappa shape index (κ3) is 2.28. The molecule has 2 aliphatic heterocycles. The van der Waals surface area contributed by atoms with Crippen molar-refractivity contribution in [1.82, 2.24) is 10.2 Å². The fraction of sp³-hybridized carbons (Fsp3) is 0.500. The Balaban J connectivity index is 2.36. The summed E-state index contributed by atoms with van der Waals surface area (Å²) in [4.78, 5) is 13.8. The quantitative estimate of drug-likeness (QED) is 0.794. The van der Waals surface area contributed by atoms with Crippen LogP contribution in [0.3, 0.4) is 0 Å². The monoisotopic (exact) mass is 232 g/mol. The minimum absolute atomic E-state index is 0.00212. The van der Waals surface area contributed by atoms with Crippen LogP contribution in [-0.2, 0) is 4.79 Å². The molecule has 0 radical (unpaired) electrons. The molecular formula is C14H20N2O. The summed E-state index contributed by atoms with van der Waals surface area (Å²) in [5.41, 5.74) is 2.01. The molecule has 0 aromatic rings. The average molecular weight is 232 g/mol. The highest BCUT2D eigenvalue weighted by Crippen LogP contribution is 2.33. The molecule has 0 saturated carbocycles. The molecule has 0 unspecified atom stereocenters. The van der Waals surface area contributed by atoms with Crippen LogP contribution >= 0.6 is 0 Å². The number of hydrogen-bond acceptors (Lipinski definition) is 2. The number of rotatable bonds is 2. The first-order valence-corrected chi connectivity index (χ1v) is 6.17. The summed E-state index contributed by atoms with van der Waals surface area (Å²) in [6.07, 6.45) is 7.89. The fourth-order valence-electron chi connectivity index (χ4n) is 2.45. The van der Waals surface area contributed by atoms with E-state index in [1.165, 1.54) is 0 Å². The number of fused-ring (bicyclic) bond motifs is 1. The van der Waals surface area contributed by atoms with Crippen LogP contribution < -0.4 is 5.32 Å². The number of nitrogens with one attached hydrogen (secondary N) is 1. The Morgan fingerprint density at radius 2 is 2.06 bits per heavy atom. The van der Waals surface area contributed by atoms with E-state index in [0.29, 0.717) is 0 Å². The topological polar surface area (TPSA) is 32.3 Å². The van der Waals surface area contributed by atoms with Crippen LogP contribution in [0.4, 0.5) is 0 Å². The van der Waals surface area contributed by atoms with Gasteiger partial charge in [0.25, 0.3) is 5.91 Å². The normalized spacial score (nSPS) is 22.2. The van der Waals surface area contributed by atoms with Gasteiger partial charge in [0.05, 0.1) is 0 Å². The summed E-state index contributed by atoms with van der Waals surface area (Å²) in [6, 6.07) is 0. The summed E-state index contributed by atoms with van der Waals surface area (Å²) in [5, 5.41) is 3.36. The van der Waals surface area contributed by atoms with Crippen molar-refractivity contribution in [2.45, 2.75) is 40.5 Å². The van der Waals surface area contributed by atoms with Crippen molar-refractivity contribution in [3.63, 3.8) is 0 Å². The average Bonchev–Trinajstić information content (AvgIpc) is 2.13. The number of hydrogen-bond donors (Lipinski definition) is 1. The Morgan fingerprint density at radius 1 is 1.35 bits per heavy atom. The van der Waals surface area contributed by atoms with Crippen molar-refractivity contribution >= 4 is 5.91 Å². The predicted molar refractivity (Wildman–Crippen MR) is 68.6 cm³/mol. The predicted octanol–water partition coefficient (Wildman–Crippen LogP) is 2.89. The van der Waals surface area contributed by atoms with Crippen molar-refractivity contribution in [2.75, 3.05) is 0 Å². The SMILES string of the molecule is CCCC1=CC(=O)N2C(C)=CC(C)(C)C=C2N1. The largest absolute Gasteiger partial charge is 0.345 e. The fourth-order valence-corrected chi connectivity index (χ4v) is 2.45. The lowest BCUT2D eigenvalue weighted by molar-refractivity contribution is -0.123. The molecule has 0 aliphatic carbocycles. The molecular weight excluding hydrogens is 212 g/mol. The zero-order chi connectivity index (χ0) is 12.6. The van der Waals surface area contributed by atoms with Gasteiger partial charge in [-0.05, 0) is 19.4 Å². The molecule has 1 N–H and O–H groups in total. The van der Waals surface area contributed by atoms with Gasteiger partial charge < -0.3 is 5.32 Å². The maximum Gasteiger partial charge on any atom is 0.258 e. The van der Waals surface area contributed by atoms with Crippen molar-refractivity contribution in [1.29, 1.82) is 0 Å². The molecule has 3 nitrogen and oxygen atoms in total. The first-order chi connectivity index (χ1) is 7.93. The second-order valence-corrected chi connectivity index (χ2v) is 5.35. The van der Waals surface area contributed by atoms with Crippen LogP contribution in [0.5, 0.6) is 0 Å². The van der Waals surface area contributed by atoms with Gasteiger partial charge >= 0.3 is 0 Å². The van der Waals surface area contributed by atoms with E-state index in [-0.39, 0.29) is 11.3 Å². The number of amides is 1. The lowest BCUT2D eigenvalue weighted by Crippen LogP contribution is -2.42. The van der Waals surface area contributed by atoms with Crippen molar-refractivity contribution in [3.05, 3.63) is 35.4 Å².